The second-order valence-corrected chi connectivity index (χ2v) is 8.09. The summed E-state index contributed by atoms with van der Waals surface area (Å²) in [6.45, 7) is 2.41. The van der Waals surface area contributed by atoms with E-state index in [1.54, 1.807) is 6.92 Å². The molecule has 178 valence electrons. The number of pyridine rings is 1. The summed E-state index contributed by atoms with van der Waals surface area (Å²) in [5.41, 5.74) is 7.15. The highest BCUT2D eigenvalue weighted by atomic mass is 19.3. The number of fused-ring (bicyclic) bond motifs is 1. The predicted octanol–water partition coefficient (Wildman–Crippen LogP) is 4.46. The zero-order valence-electron chi connectivity index (χ0n) is 18.5. The molecule has 0 bridgehead atoms. The zero-order valence-corrected chi connectivity index (χ0v) is 18.5. The number of alkyl halides is 2. The Morgan fingerprint density at radius 2 is 1.63 bits per heavy atom. The van der Waals surface area contributed by atoms with Gasteiger partial charge in [0, 0.05) is 30.4 Å². The van der Waals surface area contributed by atoms with E-state index in [4.69, 9.17) is 5.73 Å². The van der Waals surface area contributed by atoms with Crippen LogP contribution in [0.5, 0.6) is 0 Å². The molecule has 0 saturated carbocycles. The molecule has 0 unspecified atom stereocenters. The van der Waals surface area contributed by atoms with Gasteiger partial charge >= 0.3 is 0 Å². The zero-order chi connectivity index (χ0) is 24.9. The molecule has 0 amide bonds. The van der Waals surface area contributed by atoms with Crippen molar-refractivity contribution in [2.75, 3.05) is 5.73 Å². The number of anilines is 1. The number of benzene rings is 1. The van der Waals surface area contributed by atoms with Gasteiger partial charge in [0.2, 0.25) is 5.95 Å². The Morgan fingerprint density at radius 1 is 0.943 bits per heavy atom. The second-order valence-electron chi connectivity index (χ2n) is 8.09. The molecule has 0 radical (unpaired) electrons. The van der Waals surface area contributed by atoms with Crippen molar-refractivity contribution in [2.24, 2.45) is 0 Å². The first kappa shape index (κ1) is 22.4. The molecule has 0 aliphatic heterocycles. The van der Waals surface area contributed by atoms with Gasteiger partial charge in [0.05, 0.1) is 29.5 Å². The summed E-state index contributed by atoms with van der Waals surface area (Å²) in [5, 5.41) is 8.15. The van der Waals surface area contributed by atoms with Crippen molar-refractivity contribution in [1.29, 1.82) is 0 Å². The number of nitrogens with zero attached hydrogens (tertiary/aromatic N) is 7. The van der Waals surface area contributed by atoms with Crippen LogP contribution in [0.25, 0.3) is 28.2 Å². The monoisotopic (exact) mass is 482 g/mol. The summed E-state index contributed by atoms with van der Waals surface area (Å²) >= 11 is 0. The van der Waals surface area contributed by atoms with Crippen molar-refractivity contribution < 1.29 is 17.6 Å². The molecule has 1 atom stereocenters. The van der Waals surface area contributed by atoms with Crippen molar-refractivity contribution in [3.63, 3.8) is 0 Å². The van der Waals surface area contributed by atoms with Gasteiger partial charge in [-0.15, -0.1) is 5.10 Å². The van der Waals surface area contributed by atoms with Crippen molar-refractivity contribution in [3.8, 4) is 22.5 Å². The van der Waals surface area contributed by atoms with E-state index in [-0.39, 0.29) is 28.4 Å². The van der Waals surface area contributed by atoms with Crippen molar-refractivity contribution in [1.82, 2.24) is 34.3 Å². The Balaban J connectivity index is 1.57. The number of nitrogens with two attached hydrogens (primary N) is 1. The molecule has 2 N–H and O–H groups in total. The summed E-state index contributed by atoms with van der Waals surface area (Å²) in [7, 11) is 0. The molecule has 35 heavy (non-hydrogen) atoms. The third kappa shape index (κ3) is 4.07. The topological polar surface area (TPSA) is 99.8 Å². The molecule has 4 aromatic heterocycles. The molecule has 0 spiro atoms. The number of hydrogen-bond donors (Lipinski definition) is 1. The third-order valence-electron chi connectivity index (χ3n) is 5.50. The number of aromatic nitrogens is 7. The van der Waals surface area contributed by atoms with E-state index in [1.165, 1.54) is 47.5 Å². The van der Waals surface area contributed by atoms with Gasteiger partial charge in [-0.25, -0.2) is 27.1 Å². The summed E-state index contributed by atoms with van der Waals surface area (Å²) < 4.78 is 60.0. The van der Waals surface area contributed by atoms with Gasteiger partial charge < -0.3 is 5.73 Å². The van der Waals surface area contributed by atoms with E-state index in [1.807, 2.05) is 0 Å². The van der Waals surface area contributed by atoms with Crippen LogP contribution in [-0.4, -0.2) is 40.3 Å². The maximum absolute atomic E-state index is 15.1. The van der Waals surface area contributed by atoms with Crippen LogP contribution in [0.1, 0.15) is 24.2 Å². The quantitative estimate of drug-likeness (QED) is 0.371. The fourth-order valence-electron chi connectivity index (χ4n) is 3.94. The Morgan fingerprint density at radius 3 is 2.31 bits per heavy atom. The molecule has 12 heteroatoms. The van der Waals surface area contributed by atoms with E-state index in [9.17, 15) is 13.2 Å². The van der Waals surface area contributed by atoms with Gasteiger partial charge in [0.1, 0.15) is 11.9 Å². The fraction of sp³-hybridized carbons (Fsp3) is 0.174. The molecular weight excluding hydrogens is 464 g/mol. The van der Waals surface area contributed by atoms with Gasteiger partial charge in [-0.1, -0.05) is 12.1 Å². The average molecular weight is 482 g/mol. The standard InChI is InChI=1S/C23H18F4N8/c1-12-16(11-35(32-12)20(23(2,26)27)13-3-5-14(24)6-4-13)18-10-29-9-17(30-18)15-7-8-34-21(19(15)25)31-22(28)33-34/h3-11,20H,1-2H3,(H2,28,33)/t20-/m1/s1. The van der Waals surface area contributed by atoms with E-state index in [2.05, 4.69) is 25.1 Å². The van der Waals surface area contributed by atoms with Crippen LogP contribution >= 0.6 is 0 Å². The normalized spacial score (nSPS) is 12.9. The highest BCUT2D eigenvalue weighted by Gasteiger charge is 2.38. The lowest BCUT2D eigenvalue weighted by Gasteiger charge is -2.24. The van der Waals surface area contributed by atoms with Crippen LogP contribution in [0.3, 0.4) is 0 Å². The predicted molar refractivity (Wildman–Crippen MR) is 120 cm³/mol. The Bertz CT molecular complexity index is 1540. The average Bonchev–Trinajstić information content (AvgIpc) is 3.37. The van der Waals surface area contributed by atoms with E-state index in [0.717, 1.165) is 23.7 Å². The fourth-order valence-corrected chi connectivity index (χ4v) is 3.94. The van der Waals surface area contributed by atoms with Crippen LogP contribution in [0, 0.1) is 18.6 Å². The summed E-state index contributed by atoms with van der Waals surface area (Å²) in [6.07, 6.45) is 5.72. The molecular formula is C23H18F4N8. The van der Waals surface area contributed by atoms with Crippen LogP contribution < -0.4 is 5.73 Å². The molecule has 0 aliphatic rings. The molecule has 0 saturated heterocycles. The van der Waals surface area contributed by atoms with Gasteiger partial charge in [-0.05, 0) is 30.7 Å². The number of aryl methyl sites for hydroxylation is 1. The molecule has 1 aromatic carbocycles. The number of halogens is 4. The third-order valence-corrected chi connectivity index (χ3v) is 5.50. The number of nitrogen functional groups attached to an aromatic ring is 1. The summed E-state index contributed by atoms with van der Waals surface area (Å²) in [4.78, 5) is 12.5. The highest BCUT2D eigenvalue weighted by molar-refractivity contribution is 5.69. The van der Waals surface area contributed by atoms with Crippen molar-refractivity contribution in [3.05, 3.63) is 78.0 Å². The van der Waals surface area contributed by atoms with Crippen molar-refractivity contribution in [2.45, 2.75) is 25.8 Å². The summed E-state index contributed by atoms with van der Waals surface area (Å²) in [6, 6.07) is 4.81. The van der Waals surface area contributed by atoms with Crippen LogP contribution in [0.15, 0.2) is 55.1 Å². The molecule has 5 rings (SSSR count). The van der Waals surface area contributed by atoms with Gasteiger partial charge in [0.25, 0.3) is 5.92 Å². The van der Waals surface area contributed by atoms with Crippen molar-refractivity contribution >= 4 is 11.6 Å². The SMILES string of the molecule is Cc1nn([C@H](c2ccc(F)cc2)C(C)(F)F)cc1-c1cncc(-c2ccn3nc(N)nc3c2F)n1. The second kappa shape index (κ2) is 8.15. The van der Waals surface area contributed by atoms with Crippen LogP contribution in [-0.2, 0) is 0 Å². The van der Waals surface area contributed by atoms with Crippen LogP contribution in [0.2, 0.25) is 0 Å². The molecule has 0 fully saturated rings. The lowest BCUT2D eigenvalue weighted by atomic mass is 10.0. The Kier molecular flexibility index (Phi) is 5.23. The molecule has 8 nitrogen and oxygen atoms in total. The van der Waals surface area contributed by atoms with Gasteiger partial charge in [-0.2, -0.15) is 10.1 Å². The Hall–Kier alpha value is -4.35. The number of rotatable bonds is 5. The first-order chi connectivity index (χ1) is 16.6. The number of hydrogen-bond acceptors (Lipinski definition) is 6. The lowest BCUT2D eigenvalue weighted by Crippen LogP contribution is -2.29. The first-order valence-corrected chi connectivity index (χ1v) is 10.4. The maximum Gasteiger partial charge on any atom is 0.271 e. The minimum Gasteiger partial charge on any atom is -0.366 e. The lowest BCUT2D eigenvalue weighted by molar-refractivity contribution is -0.0217. The van der Waals surface area contributed by atoms with Gasteiger partial charge in [-0.3, -0.25) is 9.67 Å². The van der Waals surface area contributed by atoms with E-state index in [0.29, 0.717) is 17.0 Å². The molecule has 5 aromatic rings. The molecule has 4 heterocycles. The minimum absolute atomic E-state index is 0.0662. The van der Waals surface area contributed by atoms with Crippen LogP contribution in [0.4, 0.5) is 23.5 Å². The maximum atomic E-state index is 15.1. The Labute approximate surface area is 196 Å². The first-order valence-electron chi connectivity index (χ1n) is 10.4. The van der Waals surface area contributed by atoms with E-state index < -0.39 is 23.6 Å². The summed E-state index contributed by atoms with van der Waals surface area (Å²) in [5.74, 6) is -4.50. The van der Waals surface area contributed by atoms with E-state index >= 15 is 4.39 Å². The van der Waals surface area contributed by atoms with Gasteiger partial charge in [0.15, 0.2) is 11.5 Å². The largest absolute Gasteiger partial charge is 0.366 e. The minimum atomic E-state index is -3.21. The molecule has 0 aliphatic carbocycles. The smallest absolute Gasteiger partial charge is 0.271 e. The highest BCUT2D eigenvalue weighted by Crippen LogP contribution is 2.36.